The first kappa shape index (κ1) is 33.8. The number of nitrogens with zero attached hydrogens (tertiary/aromatic N) is 6. The van der Waals surface area contributed by atoms with E-state index < -0.39 is 11.0 Å². The number of aromatic nitrogens is 4. The number of carbonyl (C=O) groups is 1. The van der Waals surface area contributed by atoms with Crippen molar-refractivity contribution in [2.75, 3.05) is 5.32 Å². The van der Waals surface area contributed by atoms with Crippen LogP contribution in [0.4, 0.5) is 11.4 Å². The molecule has 1 atom stereocenters. The van der Waals surface area contributed by atoms with Crippen LogP contribution in [0.15, 0.2) is 134 Å². The average molecular weight is 734 g/mol. The summed E-state index contributed by atoms with van der Waals surface area (Å²) in [6.07, 6.45) is 1.63. The third-order valence-corrected chi connectivity index (χ3v) is 10.5. The molecule has 0 bridgehead atoms. The molecule has 6 aromatic rings. The molecule has 0 aliphatic carbocycles. The summed E-state index contributed by atoms with van der Waals surface area (Å²) in [6, 6.07) is 29.5. The number of benzene rings is 4. The molecule has 7 rings (SSSR count). The van der Waals surface area contributed by atoms with Crippen molar-refractivity contribution < 1.29 is 9.72 Å². The first-order chi connectivity index (χ1) is 24.7. The van der Waals surface area contributed by atoms with Crippen LogP contribution in [0.25, 0.3) is 17.5 Å². The van der Waals surface area contributed by atoms with Crippen molar-refractivity contribution in [2.45, 2.75) is 36.5 Å². The van der Waals surface area contributed by atoms with Crippen LogP contribution in [0, 0.1) is 10.1 Å². The number of fused-ring (bicyclic) bond motifs is 1. The molecule has 0 saturated carbocycles. The van der Waals surface area contributed by atoms with Crippen molar-refractivity contribution in [3.63, 3.8) is 0 Å². The molecule has 1 N–H and O–H groups in total. The van der Waals surface area contributed by atoms with E-state index in [1.165, 1.54) is 28.5 Å². The number of nitro benzene ring substituents is 1. The summed E-state index contributed by atoms with van der Waals surface area (Å²) in [4.78, 5) is 45.4. The van der Waals surface area contributed by atoms with Gasteiger partial charge in [-0.1, -0.05) is 83.6 Å². The molecule has 0 saturated heterocycles. The number of para-hydroxylation sites is 1. The maximum Gasteiger partial charge on any atom is 0.271 e. The van der Waals surface area contributed by atoms with E-state index in [4.69, 9.17) is 16.6 Å². The highest BCUT2D eigenvalue weighted by Crippen LogP contribution is 2.35. The minimum Gasteiger partial charge on any atom is -0.322 e. The van der Waals surface area contributed by atoms with Crippen molar-refractivity contribution in [2.24, 2.45) is 4.99 Å². The van der Waals surface area contributed by atoms with Gasteiger partial charge in [0.25, 0.3) is 17.2 Å². The number of anilines is 1. The standard InChI is InChI=1S/C37H28ClN7O4S2/c1-3-43-33(24-13-10-14-26(38)19-24)41-42-37(43)50-29-18-17-28(45(48)49)20-25(29)21-30-35(47)44-32(23-11-6-4-7-12-23)31(22(2)39-36(44)51-30)34(46)40-27-15-8-5-9-16-27/h4-21,32H,3H2,1-2H3,(H,40,46)/b30-21+/t32-/m1/s1. The minimum absolute atomic E-state index is 0.132. The molecule has 51 heavy (non-hydrogen) atoms. The summed E-state index contributed by atoms with van der Waals surface area (Å²) >= 11 is 8.68. The largest absolute Gasteiger partial charge is 0.322 e. The molecule has 1 aliphatic rings. The van der Waals surface area contributed by atoms with E-state index in [2.05, 4.69) is 15.5 Å². The SMILES string of the molecule is CCn1c(Sc2ccc([N+](=O)[O-])cc2/C=c2/sc3n(c2=O)[C@H](c2ccccc2)C(C(=O)Nc2ccccc2)=C(C)N=3)nnc1-c1cccc(Cl)c1. The van der Waals surface area contributed by atoms with Gasteiger partial charge in [0, 0.05) is 39.8 Å². The molecule has 254 valence electrons. The lowest BCUT2D eigenvalue weighted by molar-refractivity contribution is -0.384. The Morgan fingerprint density at radius 1 is 1.02 bits per heavy atom. The van der Waals surface area contributed by atoms with E-state index in [0.717, 1.165) is 22.5 Å². The normalized spacial score (nSPS) is 14.3. The quantitative estimate of drug-likeness (QED) is 0.127. The molecule has 1 amide bonds. The van der Waals surface area contributed by atoms with Crippen molar-refractivity contribution in [3.8, 4) is 11.4 Å². The number of carbonyl (C=O) groups excluding carboxylic acids is 1. The van der Waals surface area contributed by atoms with Crippen LogP contribution in [0.2, 0.25) is 5.02 Å². The Morgan fingerprint density at radius 3 is 2.47 bits per heavy atom. The van der Waals surface area contributed by atoms with Gasteiger partial charge in [0.15, 0.2) is 15.8 Å². The lowest BCUT2D eigenvalue weighted by Gasteiger charge is -2.25. The Labute approximate surface area is 304 Å². The number of rotatable bonds is 9. The zero-order valence-electron chi connectivity index (χ0n) is 27.2. The van der Waals surface area contributed by atoms with Crippen LogP contribution in [-0.4, -0.2) is 30.2 Å². The van der Waals surface area contributed by atoms with E-state index in [1.807, 2.05) is 78.2 Å². The molecule has 1 aliphatic heterocycles. The highest BCUT2D eigenvalue weighted by molar-refractivity contribution is 7.99. The maximum atomic E-state index is 14.4. The summed E-state index contributed by atoms with van der Waals surface area (Å²) in [5.41, 5.74) is 2.90. The molecule has 4 aromatic carbocycles. The van der Waals surface area contributed by atoms with Gasteiger partial charge in [-0.3, -0.25) is 24.3 Å². The molecule has 0 unspecified atom stereocenters. The molecule has 14 heteroatoms. The molecule has 0 spiro atoms. The van der Waals surface area contributed by atoms with Crippen molar-refractivity contribution >= 4 is 58.1 Å². The fourth-order valence-electron chi connectivity index (χ4n) is 5.87. The highest BCUT2D eigenvalue weighted by Gasteiger charge is 2.32. The first-order valence-corrected chi connectivity index (χ1v) is 17.8. The van der Waals surface area contributed by atoms with E-state index in [9.17, 15) is 19.7 Å². The van der Waals surface area contributed by atoms with Crippen LogP contribution >= 0.6 is 34.7 Å². The van der Waals surface area contributed by atoms with Gasteiger partial charge in [-0.05, 0) is 73.1 Å². The summed E-state index contributed by atoms with van der Waals surface area (Å²) in [7, 11) is 0. The van der Waals surface area contributed by atoms with Crippen LogP contribution in [0.5, 0.6) is 0 Å². The summed E-state index contributed by atoms with van der Waals surface area (Å²) in [5.74, 6) is 0.253. The Balaban J connectivity index is 1.34. The number of hydrogen-bond donors (Lipinski definition) is 1. The van der Waals surface area contributed by atoms with Crippen LogP contribution in [-0.2, 0) is 11.3 Å². The van der Waals surface area contributed by atoms with Gasteiger partial charge in [-0.15, -0.1) is 10.2 Å². The molecular weight excluding hydrogens is 706 g/mol. The molecule has 0 radical (unpaired) electrons. The number of amides is 1. The Kier molecular flexibility index (Phi) is 9.50. The average Bonchev–Trinajstić information content (AvgIpc) is 3.68. The Morgan fingerprint density at radius 2 is 1.76 bits per heavy atom. The van der Waals surface area contributed by atoms with Gasteiger partial charge in [0.05, 0.1) is 26.8 Å². The van der Waals surface area contributed by atoms with E-state index in [0.29, 0.717) is 59.3 Å². The zero-order chi connectivity index (χ0) is 35.6. The molecule has 0 fully saturated rings. The molecule has 3 heterocycles. The summed E-state index contributed by atoms with van der Waals surface area (Å²) < 4.78 is 3.75. The van der Waals surface area contributed by atoms with Crippen LogP contribution in [0.3, 0.4) is 0 Å². The lowest BCUT2D eigenvalue weighted by Crippen LogP contribution is -2.40. The molecule has 2 aromatic heterocycles. The number of hydrogen-bond acceptors (Lipinski definition) is 9. The molecule has 11 nitrogen and oxygen atoms in total. The highest BCUT2D eigenvalue weighted by atomic mass is 35.5. The number of allylic oxidation sites excluding steroid dienone is 1. The van der Waals surface area contributed by atoms with Crippen molar-refractivity contribution in [1.82, 2.24) is 19.3 Å². The second-order valence-corrected chi connectivity index (χ2v) is 13.9. The Hall–Kier alpha value is -5.63. The number of nitro groups is 1. The second kappa shape index (κ2) is 14.3. The summed E-state index contributed by atoms with van der Waals surface area (Å²) in [5, 5.41) is 24.8. The van der Waals surface area contributed by atoms with Crippen molar-refractivity contribution in [1.29, 1.82) is 0 Å². The lowest BCUT2D eigenvalue weighted by atomic mass is 9.95. The number of non-ortho nitro benzene ring substituents is 1. The third kappa shape index (κ3) is 6.78. The van der Waals surface area contributed by atoms with E-state index in [-0.39, 0.29) is 17.2 Å². The minimum atomic E-state index is -0.764. The summed E-state index contributed by atoms with van der Waals surface area (Å²) in [6.45, 7) is 4.28. The van der Waals surface area contributed by atoms with Gasteiger partial charge in [0.1, 0.15) is 0 Å². The van der Waals surface area contributed by atoms with E-state index in [1.54, 1.807) is 37.3 Å². The van der Waals surface area contributed by atoms with Gasteiger partial charge in [-0.25, -0.2) is 4.99 Å². The van der Waals surface area contributed by atoms with Gasteiger partial charge in [0.2, 0.25) is 0 Å². The predicted molar refractivity (Wildman–Crippen MR) is 199 cm³/mol. The monoisotopic (exact) mass is 733 g/mol. The van der Waals surface area contributed by atoms with Gasteiger partial charge < -0.3 is 9.88 Å². The van der Waals surface area contributed by atoms with E-state index >= 15 is 0 Å². The van der Waals surface area contributed by atoms with Gasteiger partial charge in [-0.2, -0.15) is 0 Å². The van der Waals surface area contributed by atoms with Crippen molar-refractivity contribution in [3.05, 3.63) is 160 Å². The smallest absolute Gasteiger partial charge is 0.271 e. The number of halogens is 1. The first-order valence-electron chi connectivity index (χ1n) is 15.8. The second-order valence-electron chi connectivity index (χ2n) is 11.5. The van der Waals surface area contributed by atoms with Gasteiger partial charge >= 0.3 is 0 Å². The number of thiazole rings is 1. The fraction of sp³-hybridized carbons (Fsp3) is 0.108. The van der Waals surface area contributed by atoms with Crippen LogP contribution < -0.4 is 20.2 Å². The maximum absolute atomic E-state index is 14.4. The third-order valence-electron chi connectivity index (χ3n) is 8.22. The zero-order valence-corrected chi connectivity index (χ0v) is 29.6. The fourth-order valence-corrected chi connectivity index (χ4v) is 8.07. The molecular formula is C37H28ClN7O4S2. The Bertz CT molecular complexity index is 2530. The topological polar surface area (TPSA) is 137 Å². The van der Waals surface area contributed by atoms with Crippen LogP contribution in [0.1, 0.15) is 31.0 Å². The predicted octanol–water partition coefficient (Wildman–Crippen LogP) is 6.87. The number of nitrogens with one attached hydrogen (secondary N) is 1.